The summed E-state index contributed by atoms with van der Waals surface area (Å²) in [5, 5.41) is 0.279. The quantitative estimate of drug-likeness (QED) is 0.177. The van der Waals surface area contributed by atoms with Crippen molar-refractivity contribution in [1.29, 1.82) is 0 Å². The first-order chi connectivity index (χ1) is 29.5. The summed E-state index contributed by atoms with van der Waals surface area (Å²) in [6.45, 7) is 4.26. The van der Waals surface area contributed by atoms with Gasteiger partial charge in [0.05, 0.1) is 8.22 Å². The largest absolute Gasteiger partial charge is 0.455 e. The van der Waals surface area contributed by atoms with Crippen LogP contribution in [-0.2, 0) is 5.41 Å². The van der Waals surface area contributed by atoms with Crippen molar-refractivity contribution in [3.63, 3.8) is 0 Å². The van der Waals surface area contributed by atoms with Crippen LogP contribution in [0.1, 0.15) is 33.2 Å². The minimum Gasteiger partial charge on any atom is -0.455 e. The monoisotopic (exact) mass is 714 g/mol. The Labute approximate surface area is 325 Å². The molecule has 0 amide bonds. The molecule has 0 fully saturated rings. The fourth-order valence-corrected chi connectivity index (χ4v) is 7.90. The van der Waals surface area contributed by atoms with E-state index in [1.807, 2.05) is 103 Å². The van der Waals surface area contributed by atoms with Crippen molar-refractivity contribution < 1.29 is 17.1 Å². The Hall–Kier alpha value is -7.18. The van der Waals surface area contributed by atoms with Crippen molar-refractivity contribution in [1.82, 2.24) is 19.9 Å². The van der Waals surface area contributed by atoms with Crippen molar-refractivity contribution in [2.45, 2.75) is 19.3 Å². The van der Waals surface area contributed by atoms with Crippen molar-refractivity contribution in [2.24, 2.45) is 0 Å². The molecule has 11 rings (SSSR count). The van der Waals surface area contributed by atoms with Crippen LogP contribution in [0.5, 0.6) is 0 Å². The predicted molar refractivity (Wildman–Crippen MR) is 219 cm³/mol. The smallest absolute Gasteiger partial charge is 0.182 e. The van der Waals surface area contributed by atoms with Crippen molar-refractivity contribution in [3.05, 3.63) is 169 Å². The average molecular weight is 715 g/mol. The first kappa shape index (κ1) is 25.7. The van der Waals surface area contributed by atoms with Gasteiger partial charge in [-0.25, -0.2) is 19.9 Å². The van der Waals surface area contributed by atoms with E-state index < -0.39 is 5.41 Å². The average Bonchev–Trinajstić information content (AvgIpc) is 3.99. The maximum Gasteiger partial charge on any atom is 0.182 e. The van der Waals surface area contributed by atoms with Gasteiger partial charge in [0.15, 0.2) is 29.4 Å². The molecule has 6 nitrogen and oxygen atoms in total. The number of fused-ring (bicyclic) bond motifs is 8. The van der Waals surface area contributed by atoms with Crippen molar-refractivity contribution in [3.8, 4) is 67.5 Å². The van der Waals surface area contributed by atoms with E-state index in [0.29, 0.717) is 39.7 Å². The molecule has 260 valence electrons. The molecule has 55 heavy (non-hydrogen) atoms. The van der Waals surface area contributed by atoms with Gasteiger partial charge in [-0.3, -0.25) is 0 Å². The highest BCUT2D eigenvalue weighted by Gasteiger charge is 2.38. The van der Waals surface area contributed by atoms with Crippen LogP contribution in [0.3, 0.4) is 0 Å². The second-order valence-electron chi connectivity index (χ2n) is 14.2. The highest BCUT2D eigenvalue weighted by molar-refractivity contribution is 6.13. The molecule has 3 aromatic heterocycles. The first-order valence-corrected chi connectivity index (χ1v) is 18.0. The Morgan fingerprint density at radius 1 is 0.509 bits per heavy atom. The SMILES string of the molecule is [2H]c1c([2H])c([2H])c2c(oc3c(-c4ccc5c(c4)C(C)(C)c4ccc6ncoc6c4-5)c([2H])c([2H])c([2H])c32)c1-c1cccc(-c2nc(-c3ccccc3)nc(-c3ccccc3)n2)c1. The van der Waals surface area contributed by atoms with Gasteiger partial charge in [0, 0.05) is 49.6 Å². The number of hydrogen-bond acceptors (Lipinski definition) is 6. The maximum atomic E-state index is 9.25. The number of para-hydroxylation sites is 2. The molecule has 3 heterocycles. The molecule has 1 aliphatic rings. The summed E-state index contributed by atoms with van der Waals surface area (Å²) in [7, 11) is 0. The lowest BCUT2D eigenvalue weighted by Crippen LogP contribution is -2.14. The third-order valence-corrected chi connectivity index (χ3v) is 10.6. The zero-order chi connectivity index (χ0) is 41.9. The molecular weight excluding hydrogens is 677 g/mol. The Bertz CT molecular complexity index is 3420. The molecular formula is C49H32N4O2. The molecule has 6 heteroatoms. The molecule has 0 spiro atoms. The van der Waals surface area contributed by atoms with Crippen LogP contribution >= 0.6 is 0 Å². The molecule has 0 aliphatic heterocycles. The Kier molecular flexibility index (Phi) is 5.58. The van der Waals surface area contributed by atoms with Gasteiger partial charge in [0.25, 0.3) is 0 Å². The summed E-state index contributed by atoms with van der Waals surface area (Å²) in [5.74, 6) is 1.37. The van der Waals surface area contributed by atoms with E-state index in [9.17, 15) is 2.74 Å². The fourth-order valence-electron chi connectivity index (χ4n) is 7.90. The lowest BCUT2D eigenvalue weighted by Gasteiger charge is -2.22. The van der Waals surface area contributed by atoms with Gasteiger partial charge >= 0.3 is 0 Å². The van der Waals surface area contributed by atoms with E-state index in [2.05, 4.69) is 24.9 Å². The number of hydrogen-bond donors (Lipinski definition) is 0. The van der Waals surface area contributed by atoms with Crippen LogP contribution in [0.25, 0.3) is 101 Å². The third kappa shape index (κ3) is 4.88. The lowest BCUT2D eigenvalue weighted by atomic mass is 9.81. The molecule has 0 bridgehead atoms. The summed E-state index contributed by atoms with van der Waals surface area (Å²) in [4.78, 5) is 19.0. The highest BCUT2D eigenvalue weighted by Crippen LogP contribution is 2.52. The zero-order valence-corrected chi connectivity index (χ0v) is 29.7. The summed E-state index contributed by atoms with van der Waals surface area (Å²) >= 11 is 0. The topological polar surface area (TPSA) is 77.8 Å². The number of nitrogens with zero attached hydrogens (tertiary/aromatic N) is 4. The molecule has 7 aromatic carbocycles. The molecule has 0 saturated heterocycles. The number of benzene rings is 7. The van der Waals surface area contributed by atoms with Gasteiger partial charge in [-0.05, 0) is 46.0 Å². The van der Waals surface area contributed by atoms with Gasteiger partial charge in [0.1, 0.15) is 16.7 Å². The van der Waals surface area contributed by atoms with Crippen molar-refractivity contribution in [2.75, 3.05) is 0 Å². The second kappa shape index (κ2) is 11.9. The first-order valence-electron chi connectivity index (χ1n) is 21.0. The van der Waals surface area contributed by atoms with Crippen LogP contribution in [0.2, 0.25) is 0 Å². The molecule has 1 aliphatic carbocycles. The Balaban J connectivity index is 1.12. The highest BCUT2D eigenvalue weighted by atomic mass is 16.3. The third-order valence-electron chi connectivity index (χ3n) is 10.6. The van der Waals surface area contributed by atoms with Crippen LogP contribution in [0.15, 0.2) is 167 Å². The number of furan rings is 1. The Morgan fingerprint density at radius 3 is 1.75 bits per heavy atom. The predicted octanol–water partition coefficient (Wildman–Crippen LogP) is 12.6. The number of rotatable bonds is 5. The summed E-state index contributed by atoms with van der Waals surface area (Å²) in [6, 6.07) is 34.7. The number of oxazole rings is 1. The van der Waals surface area contributed by atoms with Crippen molar-refractivity contribution >= 4 is 33.0 Å². The molecule has 0 unspecified atom stereocenters. The normalized spacial score (nSPS) is 14.6. The zero-order valence-electron chi connectivity index (χ0n) is 35.7. The molecule has 10 aromatic rings. The fraction of sp³-hybridized carbons (Fsp3) is 0.0612. The Morgan fingerprint density at radius 2 is 1.09 bits per heavy atom. The van der Waals surface area contributed by atoms with E-state index in [1.54, 1.807) is 6.07 Å². The van der Waals surface area contributed by atoms with Crippen LogP contribution in [0.4, 0.5) is 0 Å². The van der Waals surface area contributed by atoms with E-state index in [0.717, 1.165) is 38.9 Å². The molecule has 0 N–H and O–H groups in total. The standard InChI is InChI=1S/C49H32N4O2/c1-49(2)39-24-25-41-45(54-28-50-41)42(39)38-23-22-32(27-40(38)49)35-19-11-21-37-36-20-10-18-34(43(36)55-44(35)37)31-16-9-17-33(26-31)48-52-46(29-12-5-3-6-13-29)51-47(53-48)30-14-7-4-8-15-30/h3-28H,1-2H3/i10D,11D,18D,19D,20D,21D. The van der Waals surface area contributed by atoms with Gasteiger partial charge in [-0.15, -0.1) is 0 Å². The minimum absolute atomic E-state index is 0.116. The van der Waals surface area contributed by atoms with Gasteiger partial charge in [-0.2, -0.15) is 0 Å². The molecule has 0 atom stereocenters. The molecule has 0 radical (unpaired) electrons. The van der Waals surface area contributed by atoms with Gasteiger partial charge in [-0.1, -0.05) is 147 Å². The minimum atomic E-state index is -0.453. The summed E-state index contributed by atoms with van der Waals surface area (Å²) in [5.41, 5.74) is 9.13. The van der Waals surface area contributed by atoms with E-state index in [-0.39, 0.29) is 69.3 Å². The van der Waals surface area contributed by atoms with Crippen LogP contribution in [0, 0.1) is 0 Å². The van der Waals surface area contributed by atoms with Crippen LogP contribution in [-0.4, -0.2) is 19.9 Å². The van der Waals surface area contributed by atoms with Gasteiger partial charge in [0.2, 0.25) is 0 Å². The summed E-state index contributed by atoms with van der Waals surface area (Å²) < 4.78 is 67.4. The lowest BCUT2D eigenvalue weighted by molar-refractivity contribution is 0.601. The van der Waals surface area contributed by atoms with E-state index in [4.69, 9.17) is 29.3 Å². The summed E-state index contributed by atoms with van der Waals surface area (Å²) in [6.07, 6.45) is 1.44. The van der Waals surface area contributed by atoms with Gasteiger partial charge < -0.3 is 8.83 Å². The number of aromatic nitrogens is 4. The molecule has 0 saturated carbocycles. The van der Waals surface area contributed by atoms with E-state index in [1.165, 1.54) is 6.39 Å². The maximum absolute atomic E-state index is 9.25. The second-order valence-corrected chi connectivity index (χ2v) is 14.2. The van der Waals surface area contributed by atoms with Crippen LogP contribution < -0.4 is 0 Å². The van der Waals surface area contributed by atoms with E-state index >= 15 is 0 Å².